The van der Waals surface area contributed by atoms with E-state index < -0.39 is 11.4 Å². The molecule has 14 heavy (non-hydrogen) atoms. The number of benzene rings is 1. The monoisotopic (exact) mass is 199 g/mol. The smallest absolute Gasteiger partial charge is 0.129 e. The third-order valence-corrected chi connectivity index (χ3v) is 2.31. The van der Waals surface area contributed by atoms with Crippen LogP contribution in [0.3, 0.4) is 0 Å². The van der Waals surface area contributed by atoms with Gasteiger partial charge in [0, 0.05) is 11.1 Å². The lowest BCUT2D eigenvalue weighted by molar-refractivity contribution is 0.206. The Morgan fingerprint density at radius 3 is 2.57 bits per heavy atom. The van der Waals surface area contributed by atoms with E-state index in [4.69, 9.17) is 10.8 Å². The van der Waals surface area contributed by atoms with Crippen molar-refractivity contribution in [1.29, 1.82) is 0 Å². The summed E-state index contributed by atoms with van der Waals surface area (Å²) in [5.41, 5.74) is 5.16. The molecule has 78 valence electrons. The summed E-state index contributed by atoms with van der Waals surface area (Å²) in [5.74, 6) is -0.677. The highest BCUT2D eigenvalue weighted by atomic mass is 19.1. The number of phenols is 1. The van der Waals surface area contributed by atoms with Gasteiger partial charge in [-0.3, -0.25) is 0 Å². The van der Waals surface area contributed by atoms with Crippen LogP contribution in [0.15, 0.2) is 12.1 Å². The van der Waals surface area contributed by atoms with Crippen LogP contribution in [-0.2, 0) is 5.54 Å². The summed E-state index contributed by atoms with van der Waals surface area (Å²) in [6.07, 6.45) is 0. The van der Waals surface area contributed by atoms with Gasteiger partial charge < -0.3 is 15.9 Å². The number of rotatable bonds is 2. The molecule has 4 heteroatoms. The Morgan fingerprint density at radius 1 is 1.50 bits per heavy atom. The molecule has 0 radical (unpaired) electrons. The van der Waals surface area contributed by atoms with E-state index in [1.807, 2.05) is 0 Å². The Kier molecular flexibility index (Phi) is 2.78. The van der Waals surface area contributed by atoms with Crippen molar-refractivity contribution in [3.05, 3.63) is 29.1 Å². The molecule has 0 aromatic heterocycles. The molecule has 1 atom stereocenters. The first-order chi connectivity index (χ1) is 6.40. The molecule has 0 aliphatic rings. The van der Waals surface area contributed by atoms with Gasteiger partial charge in [0.1, 0.15) is 11.6 Å². The van der Waals surface area contributed by atoms with Crippen LogP contribution in [0, 0.1) is 12.7 Å². The number of nitrogens with two attached hydrogens (primary N) is 1. The molecule has 3 nitrogen and oxygen atoms in total. The van der Waals surface area contributed by atoms with Gasteiger partial charge in [0.05, 0.1) is 12.1 Å². The van der Waals surface area contributed by atoms with Crippen molar-refractivity contribution in [3.8, 4) is 5.75 Å². The van der Waals surface area contributed by atoms with Gasteiger partial charge in [-0.05, 0) is 19.9 Å². The molecule has 0 unspecified atom stereocenters. The lowest BCUT2D eigenvalue weighted by atomic mass is 9.91. The maximum atomic E-state index is 13.0. The first kappa shape index (κ1) is 10.9. The lowest BCUT2D eigenvalue weighted by Gasteiger charge is -2.24. The molecule has 0 saturated heterocycles. The molecule has 0 saturated carbocycles. The summed E-state index contributed by atoms with van der Waals surface area (Å²) in [4.78, 5) is 0. The topological polar surface area (TPSA) is 66.5 Å². The van der Waals surface area contributed by atoms with Gasteiger partial charge >= 0.3 is 0 Å². The largest absolute Gasteiger partial charge is 0.507 e. The average molecular weight is 199 g/mol. The van der Waals surface area contributed by atoms with Crippen molar-refractivity contribution in [2.24, 2.45) is 5.73 Å². The van der Waals surface area contributed by atoms with E-state index in [1.54, 1.807) is 6.92 Å². The minimum absolute atomic E-state index is 0.146. The second-order valence-corrected chi connectivity index (χ2v) is 3.64. The van der Waals surface area contributed by atoms with E-state index >= 15 is 0 Å². The highest BCUT2D eigenvalue weighted by Crippen LogP contribution is 2.31. The second kappa shape index (κ2) is 3.55. The van der Waals surface area contributed by atoms with E-state index in [0.717, 1.165) is 0 Å². The fourth-order valence-corrected chi connectivity index (χ4v) is 1.22. The summed E-state index contributed by atoms with van der Waals surface area (Å²) in [6, 6.07) is 2.61. The average Bonchev–Trinajstić information content (AvgIpc) is 2.14. The molecule has 0 spiro atoms. The second-order valence-electron chi connectivity index (χ2n) is 3.64. The first-order valence-electron chi connectivity index (χ1n) is 4.28. The molecular weight excluding hydrogens is 185 g/mol. The molecule has 0 aliphatic heterocycles. The Balaban J connectivity index is 3.31. The van der Waals surface area contributed by atoms with Gasteiger partial charge in [0.25, 0.3) is 0 Å². The van der Waals surface area contributed by atoms with Crippen molar-refractivity contribution >= 4 is 0 Å². The quantitative estimate of drug-likeness (QED) is 0.665. The molecule has 1 aromatic rings. The van der Waals surface area contributed by atoms with Crippen LogP contribution in [0.2, 0.25) is 0 Å². The maximum Gasteiger partial charge on any atom is 0.129 e. The summed E-state index contributed by atoms with van der Waals surface area (Å²) in [5, 5.41) is 18.6. The molecule has 0 fully saturated rings. The van der Waals surface area contributed by atoms with Crippen LogP contribution in [0.4, 0.5) is 4.39 Å². The fraction of sp³-hybridized carbons (Fsp3) is 0.400. The van der Waals surface area contributed by atoms with Crippen molar-refractivity contribution in [2.75, 3.05) is 6.61 Å². The molecular formula is C10H14FNO2. The van der Waals surface area contributed by atoms with E-state index in [-0.39, 0.29) is 17.9 Å². The van der Waals surface area contributed by atoms with Crippen molar-refractivity contribution in [3.63, 3.8) is 0 Å². The van der Waals surface area contributed by atoms with Gasteiger partial charge in [0.15, 0.2) is 0 Å². The zero-order valence-corrected chi connectivity index (χ0v) is 8.21. The highest BCUT2D eigenvalue weighted by Gasteiger charge is 2.25. The minimum Gasteiger partial charge on any atom is -0.507 e. The predicted octanol–water partition coefficient (Wildman–Crippen LogP) is 1.01. The molecule has 4 N–H and O–H groups in total. The van der Waals surface area contributed by atoms with Crippen molar-refractivity contribution < 1.29 is 14.6 Å². The van der Waals surface area contributed by atoms with Gasteiger partial charge in [0.2, 0.25) is 0 Å². The number of hydrogen-bond acceptors (Lipinski definition) is 3. The van der Waals surface area contributed by atoms with Crippen molar-refractivity contribution in [2.45, 2.75) is 19.4 Å². The highest BCUT2D eigenvalue weighted by molar-refractivity contribution is 5.44. The Bertz CT molecular complexity index is 350. The number of aliphatic hydroxyl groups is 1. The third kappa shape index (κ3) is 1.71. The van der Waals surface area contributed by atoms with Gasteiger partial charge in [-0.1, -0.05) is 6.07 Å². The maximum absolute atomic E-state index is 13.0. The summed E-state index contributed by atoms with van der Waals surface area (Å²) in [6.45, 7) is 2.71. The van der Waals surface area contributed by atoms with Crippen LogP contribution in [-0.4, -0.2) is 16.8 Å². The number of aliphatic hydroxyl groups excluding tert-OH is 1. The number of aromatic hydroxyl groups is 1. The zero-order chi connectivity index (χ0) is 10.9. The Hall–Kier alpha value is -1.13. The third-order valence-electron chi connectivity index (χ3n) is 2.31. The van der Waals surface area contributed by atoms with Crippen LogP contribution >= 0.6 is 0 Å². The van der Waals surface area contributed by atoms with E-state index in [9.17, 15) is 9.50 Å². The summed E-state index contributed by atoms with van der Waals surface area (Å²) >= 11 is 0. The summed E-state index contributed by atoms with van der Waals surface area (Å²) < 4.78 is 13.0. The van der Waals surface area contributed by atoms with Crippen molar-refractivity contribution in [1.82, 2.24) is 0 Å². The molecule has 0 bridgehead atoms. The zero-order valence-electron chi connectivity index (χ0n) is 8.21. The van der Waals surface area contributed by atoms with E-state index in [0.29, 0.717) is 5.56 Å². The van der Waals surface area contributed by atoms with Crippen LogP contribution < -0.4 is 5.73 Å². The van der Waals surface area contributed by atoms with Gasteiger partial charge in [-0.25, -0.2) is 4.39 Å². The first-order valence-corrected chi connectivity index (χ1v) is 4.28. The predicted molar refractivity (Wildman–Crippen MR) is 51.4 cm³/mol. The van der Waals surface area contributed by atoms with Crippen LogP contribution in [0.5, 0.6) is 5.75 Å². The SMILES string of the molecule is Cc1c(F)ccc([C@@](C)(N)CO)c1O. The van der Waals surface area contributed by atoms with Crippen LogP contribution in [0.1, 0.15) is 18.1 Å². The minimum atomic E-state index is -1.05. The molecule has 1 aromatic carbocycles. The lowest BCUT2D eigenvalue weighted by Crippen LogP contribution is -2.37. The van der Waals surface area contributed by atoms with Gasteiger partial charge in [-0.15, -0.1) is 0 Å². The van der Waals surface area contributed by atoms with E-state index in [1.165, 1.54) is 19.1 Å². The Morgan fingerprint density at radius 2 is 2.07 bits per heavy atom. The normalized spacial score (nSPS) is 15.2. The van der Waals surface area contributed by atoms with Gasteiger partial charge in [-0.2, -0.15) is 0 Å². The molecule has 1 rings (SSSR count). The number of phenolic OH excluding ortho intramolecular Hbond substituents is 1. The van der Waals surface area contributed by atoms with E-state index in [2.05, 4.69) is 0 Å². The standard InChI is InChI=1S/C10H14FNO2/c1-6-8(11)4-3-7(9(6)14)10(2,12)5-13/h3-4,13-14H,5,12H2,1-2H3/t10-/m0/s1. The summed E-state index contributed by atoms with van der Waals surface area (Å²) in [7, 11) is 0. The molecule has 0 aliphatic carbocycles. The number of halogens is 1. The van der Waals surface area contributed by atoms with Crippen LogP contribution in [0.25, 0.3) is 0 Å². The molecule has 0 heterocycles. The number of hydrogen-bond donors (Lipinski definition) is 3. The fourth-order valence-electron chi connectivity index (χ4n) is 1.22. The Labute approximate surface area is 82.0 Å². The molecule has 0 amide bonds.